The number of carbonyl (C=O) groups is 1. The molecule has 0 radical (unpaired) electrons. The van der Waals surface area contributed by atoms with Crippen molar-refractivity contribution in [1.82, 2.24) is 9.99 Å². The summed E-state index contributed by atoms with van der Waals surface area (Å²) >= 11 is 0. The van der Waals surface area contributed by atoms with Crippen LogP contribution in [0.2, 0.25) is 0 Å². The fraction of sp³-hybridized carbons (Fsp3) is 0.182. The van der Waals surface area contributed by atoms with Crippen LogP contribution in [-0.4, -0.2) is 10.5 Å². The summed E-state index contributed by atoms with van der Waals surface area (Å²) in [6.07, 6.45) is 0. The zero-order chi connectivity index (χ0) is 10.8. The molecule has 1 amide bonds. The molecule has 2 aromatic rings. The van der Waals surface area contributed by atoms with Gasteiger partial charge in [-0.3, -0.25) is 10.2 Å². The van der Waals surface area contributed by atoms with Crippen LogP contribution in [0.15, 0.2) is 30.3 Å². The maximum Gasteiger partial charge on any atom is 0.281 e. The van der Waals surface area contributed by atoms with E-state index in [2.05, 4.69) is 5.43 Å². The van der Waals surface area contributed by atoms with Gasteiger partial charge in [-0.15, -0.1) is 0 Å². The summed E-state index contributed by atoms with van der Waals surface area (Å²) in [4.78, 5) is 11.5. The van der Waals surface area contributed by atoms with Crippen LogP contribution >= 0.6 is 0 Å². The predicted octanol–water partition coefficient (Wildman–Crippen LogP) is 1.26. The number of rotatable bonds is 2. The number of benzene rings is 1. The molecule has 0 atom stereocenters. The van der Waals surface area contributed by atoms with Crippen LogP contribution in [0, 0.1) is 0 Å². The normalized spacial score (nSPS) is 10.5. The van der Waals surface area contributed by atoms with E-state index in [0.29, 0.717) is 5.69 Å². The summed E-state index contributed by atoms with van der Waals surface area (Å²) < 4.78 is 1.94. The molecule has 0 saturated heterocycles. The van der Waals surface area contributed by atoms with Crippen molar-refractivity contribution in [2.75, 3.05) is 0 Å². The van der Waals surface area contributed by atoms with Gasteiger partial charge in [-0.05, 0) is 19.1 Å². The molecule has 2 rings (SSSR count). The van der Waals surface area contributed by atoms with Gasteiger partial charge in [0.15, 0.2) is 0 Å². The Morgan fingerprint density at radius 1 is 1.47 bits per heavy atom. The molecule has 1 aromatic heterocycles. The lowest BCUT2D eigenvalue weighted by Gasteiger charge is -2.05. The number of nitrogens with two attached hydrogens (primary N) is 1. The lowest BCUT2D eigenvalue weighted by Crippen LogP contribution is -2.31. The Morgan fingerprint density at radius 2 is 2.20 bits per heavy atom. The van der Waals surface area contributed by atoms with E-state index in [0.717, 1.165) is 17.4 Å². The van der Waals surface area contributed by atoms with Crippen molar-refractivity contribution in [2.24, 2.45) is 5.84 Å². The molecule has 4 heteroatoms. The van der Waals surface area contributed by atoms with Gasteiger partial charge in [-0.25, -0.2) is 5.84 Å². The summed E-state index contributed by atoms with van der Waals surface area (Å²) in [5, 5.41) is 1.05. The zero-order valence-electron chi connectivity index (χ0n) is 8.53. The van der Waals surface area contributed by atoms with Gasteiger partial charge in [-0.1, -0.05) is 18.2 Å². The first kappa shape index (κ1) is 9.73. The zero-order valence-corrected chi connectivity index (χ0v) is 8.53. The van der Waals surface area contributed by atoms with E-state index < -0.39 is 0 Å². The number of amides is 1. The number of hydrogen-bond acceptors (Lipinski definition) is 2. The number of hydrogen-bond donors (Lipinski definition) is 2. The molecule has 78 valence electrons. The summed E-state index contributed by atoms with van der Waals surface area (Å²) in [6.45, 7) is 2.75. The molecule has 1 aromatic carbocycles. The quantitative estimate of drug-likeness (QED) is 0.438. The van der Waals surface area contributed by atoms with Crippen LogP contribution in [0.1, 0.15) is 17.4 Å². The van der Waals surface area contributed by atoms with Crippen LogP contribution in [0.3, 0.4) is 0 Å². The highest BCUT2D eigenvalue weighted by Gasteiger charge is 2.12. The molecule has 0 aliphatic carbocycles. The third-order valence-corrected chi connectivity index (χ3v) is 2.49. The van der Waals surface area contributed by atoms with Gasteiger partial charge in [0.2, 0.25) is 0 Å². The molecular formula is C11H13N3O. The predicted molar refractivity (Wildman–Crippen MR) is 59.3 cm³/mol. The van der Waals surface area contributed by atoms with Crippen molar-refractivity contribution in [3.8, 4) is 0 Å². The minimum absolute atomic E-state index is 0.256. The number of hydrazine groups is 1. The van der Waals surface area contributed by atoms with Crippen LogP contribution in [0.4, 0.5) is 0 Å². The molecule has 15 heavy (non-hydrogen) atoms. The Labute approximate surface area is 87.6 Å². The number of nitrogens with zero attached hydrogens (tertiary/aromatic N) is 1. The molecule has 0 unspecified atom stereocenters. The van der Waals surface area contributed by atoms with Gasteiger partial charge in [0.1, 0.15) is 5.69 Å². The first-order chi connectivity index (χ1) is 7.27. The average molecular weight is 203 g/mol. The number of para-hydroxylation sites is 1. The molecule has 0 aliphatic rings. The lowest BCUT2D eigenvalue weighted by atomic mass is 10.2. The Morgan fingerprint density at radius 3 is 2.87 bits per heavy atom. The van der Waals surface area contributed by atoms with Crippen molar-refractivity contribution < 1.29 is 4.79 Å². The first-order valence-electron chi connectivity index (χ1n) is 4.87. The van der Waals surface area contributed by atoms with Gasteiger partial charge >= 0.3 is 0 Å². The van der Waals surface area contributed by atoms with Gasteiger partial charge in [0.25, 0.3) is 5.91 Å². The smallest absolute Gasteiger partial charge is 0.281 e. The Balaban J connectivity index is 2.69. The Kier molecular flexibility index (Phi) is 2.43. The molecular weight excluding hydrogens is 190 g/mol. The van der Waals surface area contributed by atoms with Gasteiger partial charge in [0, 0.05) is 17.4 Å². The maximum atomic E-state index is 11.5. The first-order valence-corrected chi connectivity index (χ1v) is 4.87. The van der Waals surface area contributed by atoms with Crippen molar-refractivity contribution >= 4 is 16.8 Å². The third-order valence-electron chi connectivity index (χ3n) is 2.49. The molecule has 0 spiro atoms. The number of nitrogen functional groups attached to an aromatic ring is 1. The molecule has 1 heterocycles. The minimum atomic E-state index is -0.256. The number of nitrogens with one attached hydrogen (secondary N) is 1. The second kappa shape index (κ2) is 3.74. The number of carbonyl (C=O) groups excluding carboxylic acids is 1. The van der Waals surface area contributed by atoms with Gasteiger partial charge in [-0.2, -0.15) is 0 Å². The monoisotopic (exact) mass is 203 g/mol. The maximum absolute atomic E-state index is 11.5. The Bertz CT molecular complexity index is 502. The molecule has 0 aliphatic heterocycles. The molecule has 0 saturated carbocycles. The topological polar surface area (TPSA) is 60.0 Å². The fourth-order valence-corrected chi connectivity index (χ4v) is 1.81. The lowest BCUT2D eigenvalue weighted by molar-refractivity contribution is 0.0945. The number of aryl methyl sites for hydroxylation is 1. The highest BCUT2D eigenvalue weighted by Crippen LogP contribution is 2.19. The highest BCUT2D eigenvalue weighted by atomic mass is 16.2. The largest absolute Gasteiger partial charge is 0.337 e. The summed E-state index contributed by atoms with van der Waals surface area (Å²) in [7, 11) is 0. The highest BCUT2D eigenvalue weighted by molar-refractivity contribution is 5.98. The standard InChI is InChI=1S/C11H13N3O/c1-2-14-9-6-4-3-5-8(9)7-10(14)11(15)13-12/h3-7H,2,12H2,1H3,(H,13,15). The molecule has 0 bridgehead atoms. The van der Waals surface area contributed by atoms with E-state index in [1.165, 1.54) is 0 Å². The van der Waals surface area contributed by atoms with E-state index in [1.54, 1.807) is 0 Å². The van der Waals surface area contributed by atoms with E-state index in [9.17, 15) is 4.79 Å². The van der Waals surface area contributed by atoms with Crippen molar-refractivity contribution in [1.29, 1.82) is 0 Å². The third kappa shape index (κ3) is 1.49. The van der Waals surface area contributed by atoms with Crippen LogP contribution < -0.4 is 11.3 Å². The van der Waals surface area contributed by atoms with Crippen molar-refractivity contribution in [3.63, 3.8) is 0 Å². The second-order valence-corrected chi connectivity index (χ2v) is 3.31. The number of aromatic nitrogens is 1. The van der Waals surface area contributed by atoms with Gasteiger partial charge < -0.3 is 4.57 Å². The molecule has 0 fully saturated rings. The summed E-state index contributed by atoms with van der Waals surface area (Å²) in [5.74, 6) is 4.88. The summed E-state index contributed by atoms with van der Waals surface area (Å²) in [6, 6.07) is 9.73. The summed E-state index contributed by atoms with van der Waals surface area (Å²) in [5.41, 5.74) is 3.81. The van der Waals surface area contributed by atoms with Crippen molar-refractivity contribution in [3.05, 3.63) is 36.0 Å². The van der Waals surface area contributed by atoms with Crippen LogP contribution in [-0.2, 0) is 6.54 Å². The van der Waals surface area contributed by atoms with E-state index in [4.69, 9.17) is 5.84 Å². The van der Waals surface area contributed by atoms with Crippen molar-refractivity contribution in [2.45, 2.75) is 13.5 Å². The van der Waals surface area contributed by atoms with Crippen LogP contribution in [0.5, 0.6) is 0 Å². The van der Waals surface area contributed by atoms with E-state index in [-0.39, 0.29) is 5.91 Å². The average Bonchev–Trinajstić information content (AvgIpc) is 2.66. The van der Waals surface area contributed by atoms with Crippen LogP contribution in [0.25, 0.3) is 10.9 Å². The van der Waals surface area contributed by atoms with E-state index in [1.807, 2.05) is 41.8 Å². The molecule has 3 N–H and O–H groups in total. The SMILES string of the molecule is CCn1c(C(=O)NN)cc2ccccc21. The van der Waals surface area contributed by atoms with E-state index >= 15 is 0 Å². The molecule has 4 nitrogen and oxygen atoms in total. The Hall–Kier alpha value is -1.81. The second-order valence-electron chi connectivity index (χ2n) is 3.31. The fourth-order valence-electron chi connectivity index (χ4n) is 1.81. The number of fused-ring (bicyclic) bond motifs is 1. The van der Waals surface area contributed by atoms with Gasteiger partial charge in [0.05, 0.1) is 0 Å². The minimum Gasteiger partial charge on any atom is -0.337 e.